The zero-order chi connectivity index (χ0) is 12.4. The van der Waals surface area contributed by atoms with E-state index in [2.05, 4.69) is 32.6 Å². The highest BCUT2D eigenvalue weighted by atomic mass is 127. The minimum Gasteiger partial charge on any atom is -0.240 e. The maximum absolute atomic E-state index is 6.08. The van der Waals surface area contributed by atoms with Gasteiger partial charge in [-0.05, 0) is 40.3 Å². The molecule has 0 unspecified atom stereocenters. The van der Waals surface area contributed by atoms with Gasteiger partial charge in [0.25, 0.3) is 0 Å². The normalized spacial score (nSPS) is 10.6. The molecule has 0 aliphatic carbocycles. The molecule has 88 valence electrons. The second-order valence-corrected chi connectivity index (χ2v) is 5.64. The zero-order valence-corrected chi connectivity index (χ0v) is 12.8. The molecule has 0 bridgehead atoms. The van der Waals surface area contributed by atoms with Crippen molar-refractivity contribution in [3.8, 4) is 0 Å². The van der Waals surface area contributed by atoms with Gasteiger partial charge in [-0.1, -0.05) is 40.9 Å². The average Bonchev–Trinajstić information content (AvgIpc) is 2.28. The number of halogens is 4. The summed E-state index contributed by atoms with van der Waals surface area (Å²) in [7, 11) is 0. The lowest BCUT2D eigenvalue weighted by Crippen LogP contribution is -1.99. The van der Waals surface area contributed by atoms with Crippen LogP contribution in [0.25, 0.3) is 0 Å². The summed E-state index contributed by atoms with van der Waals surface area (Å²) in [5.41, 5.74) is 0.813. The van der Waals surface area contributed by atoms with E-state index in [0.29, 0.717) is 27.4 Å². The second kappa shape index (κ2) is 5.69. The van der Waals surface area contributed by atoms with Crippen molar-refractivity contribution >= 4 is 57.4 Å². The predicted octanol–water partition coefficient (Wildman–Crippen LogP) is 4.63. The Morgan fingerprint density at radius 1 is 1.12 bits per heavy atom. The minimum atomic E-state index is 0.443. The van der Waals surface area contributed by atoms with Crippen LogP contribution in [0.15, 0.2) is 24.4 Å². The van der Waals surface area contributed by atoms with Crippen LogP contribution in [-0.2, 0) is 6.42 Å². The molecular formula is C11H6Cl3IN2. The average molecular weight is 399 g/mol. The summed E-state index contributed by atoms with van der Waals surface area (Å²) >= 11 is 20.2. The second-order valence-electron chi connectivity index (χ2n) is 3.30. The third-order valence-corrected chi connectivity index (χ3v) is 4.25. The summed E-state index contributed by atoms with van der Waals surface area (Å²) in [6, 6.07) is 5.38. The third-order valence-electron chi connectivity index (χ3n) is 2.15. The van der Waals surface area contributed by atoms with Gasteiger partial charge in [0.2, 0.25) is 0 Å². The van der Waals surface area contributed by atoms with Gasteiger partial charge in [-0.15, -0.1) is 0 Å². The number of hydrogen-bond acceptors (Lipinski definition) is 2. The number of rotatable bonds is 2. The number of benzene rings is 1. The number of aromatic nitrogens is 2. The predicted molar refractivity (Wildman–Crippen MR) is 79.0 cm³/mol. The van der Waals surface area contributed by atoms with E-state index in [1.807, 2.05) is 0 Å². The van der Waals surface area contributed by atoms with Crippen molar-refractivity contribution in [3.63, 3.8) is 0 Å². The van der Waals surface area contributed by atoms with Gasteiger partial charge in [0.15, 0.2) is 0 Å². The van der Waals surface area contributed by atoms with Crippen LogP contribution < -0.4 is 0 Å². The van der Waals surface area contributed by atoms with Crippen molar-refractivity contribution < 1.29 is 0 Å². The molecule has 0 spiro atoms. The van der Waals surface area contributed by atoms with Crippen LogP contribution >= 0.6 is 57.4 Å². The molecule has 0 amide bonds. The van der Waals surface area contributed by atoms with Crippen molar-refractivity contribution in [1.82, 2.24) is 9.97 Å². The van der Waals surface area contributed by atoms with Gasteiger partial charge in [0, 0.05) is 22.7 Å². The van der Waals surface area contributed by atoms with Gasteiger partial charge in [-0.3, -0.25) is 0 Å². The SMILES string of the molecule is Clc1cccc(Cl)c1Cc1ncc(I)c(Cl)n1. The van der Waals surface area contributed by atoms with Gasteiger partial charge in [0.1, 0.15) is 11.0 Å². The van der Waals surface area contributed by atoms with Crippen molar-refractivity contribution in [2.24, 2.45) is 0 Å². The summed E-state index contributed by atoms with van der Waals surface area (Å²) in [6.07, 6.45) is 2.14. The van der Waals surface area contributed by atoms with Gasteiger partial charge in [-0.2, -0.15) is 0 Å². The highest BCUT2D eigenvalue weighted by molar-refractivity contribution is 14.1. The Morgan fingerprint density at radius 3 is 2.35 bits per heavy atom. The summed E-state index contributed by atoms with van der Waals surface area (Å²) in [4.78, 5) is 8.38. The maximum atomic E-state index is 6.08. The van der Waals surface area contributed by atoms with Crippen molar-refractivity contribution in [1.29, 1.82) is 0 Å². The van der Waals surface area contributed by atoms with Gasteiger partial charge in [-0.25, -0.2) is 9.97 Å². The fraction of sp³-hybridized carbons (Fsp3) is 0.0909. The molecule has 1 aromatic carbocycles. The molecule has 0 aliphatic rings. The van der Waals surface area contributed by atoms with Crippen LogP contribution in [0.5, 0.6) is 0 Å². The molecule has 2 nitrogen and oxygen atoms in total. The first-order valence-corrected chi connectivity index (χ1v) is 6.89. The van der Waals surface area contributed by atoms with Crippen LogP contribution in [0.4, 0.5) is 0 Å². The topological polar surface area (TPSA) is 25.8 Å². The maximum Gasteiger partial charge on any atom is 0.146 e. The molecular weight excluding hydrogens is 393 g/mol. The zero-order valence-electron chi connectivity index (χ0n) is 8.42. The fourth-order valence-corrected chi connectivity index (χ4v) is 2.26. The standard InChI is InChI=1S/C11H6Cl3IN2/c12-7-2-1-3-8(13)6(7)4-10-16-5-9(15)11(14)17-10/h1-3,5H,4H2. The van der Waals surface area contributed by atoms with Crippen LogP contribution in [0, 0.1) is 3.57 Å². The molecule has 17 heavy (non-hydrogen) atoms. The largest absolute Gasteiger partial charge is 0.240 e. The lowest BCUT2D eigenvalue weighted by atomic mass is 10.1. The molecule has 2 rings (SSSR count). The Bertz CT molecular complexity index is 540. The molecule has 0 radical (unpaired) electrons. The van der Waals surface area contributed by atoms with Crippen molar-refractivity contribution in [2.75, 3.05) is 0 Å². The van der Waals surface area contributed by atoms with E-state index in [1.54, 1.807) is 24.4 Å². The summed E-state index contributed by atoms with van der Waals surface area (Å²) in [5.74, 6) is 0.602. The molecule has 1 aromatic heterocycles. The number of nitrogens with zero attached hydrogens (tertiary/aromatic N) is 2. The number of hydrogen-bond donors (Lipinski definition) is 0. The molecule has 0 aliphatic heterocycles. The lowest BCUT2D eigenvalue weighted by molar-refractivity contribution is 0.961. The van der Waals surface area contributed by atoms with E-state index >= 15 is 0 Å². The van der Waals surface area contributed by atoms with Crippen molar-refractivity contribution in [2.45, 2.75) is 6.42 Å². The molecule has 1 heterocycles. The van der Waals surface area contributed by atoms with E-state index in [0.717, 1.165) is 9.13 Å². The molecule has 0 N–H and O–H groups in total. The quantitative estimate of drug-likeness (QED) is 0.544. The van der Waals surface area contributed by atoms with Gasteiger partial charge >= 0.3 is 0 Å². The van der Waals surface area contributed by atoms with E-state index in [4.69, 9.17) is 34.8 Å². The molecule has 2 aromatic rings. The smallest absolute Gasteiger partial charge is 0.146 e. The first-order valence-electron chi connectivity index (χ1n) is 4.67. The van der Waals surface area contributed by atoms with Crippen LogP contribution in [-0.4, -0.2) is 9.97 Å². The molecule has 0 saturated carbocycles. The van der Waals surface area contributed by atoms with Crippen molar-refractivity contribution in [3.05, 3.63) is 54.6 Å². The Kier molecular flexibility index (Phi) is 4.47. The Balaban J connectivity index is 2.35. The lowest BCUT2D eigenvalue weighted by Gasteiger charge is -2.06. The Morgan fingerprint density at radius 2 is 1.76 bits per heavy atom. The molecule has 0 fully saturated rings. The van der Waals surface area contributed by atoms with Gasteiger partial charge in [0.05, 0.1) is 3.57 Å². The van der Waals surface area contributed by atoms with E-state index in [1.165, 1.54) is 0 Å². The summed E-state index contributed by atoms with van der Waals surface area (Å²) < 4.78 is 0.818. The van der Waals surface area contributed by atoms with E-state index < -0.39 is 0 Å². The monoisotopic (exact) mass is 398 g/mol. The fourth-order valence-electron chi connectivity index (χ4n) is 1.32. The summed E-state index contributed by atoms with van der Waals surface area (Å²) in [6.45, 7) is 0. The Labute approximate surface area is 127 Å². The minimum absolute atomic E-state index is 0.443. The van der Waals surface area contributed by atoms with E-state index in [9.17, 15) is 0 Å². The van der Waals surface area contributed by atoms with Crippen LogP contribution in [0.1, 0.15) is 11.4 Å². The first kappa shape index (κ1) is 13.3. The molecule has 6 heteroatoms. The van der Waals surface area contributed by atoms with Crippen LogP contribution in [0.2, 0.25) is 15.2 Å². The molecule has 0 saturated heterocycles. The molecule has 0 atom stereocenters. The van der Waals surface area contributed by atoms with Crippen LogP contribution in [0.3, 0.4) is 0 Å². The highest BCUT2D eigenvalue weighted by Crippen LogP contribution is 2.26. The third kappa shape index (κ3) is 3.22. The summed E-state index contributed by atoms with van der Waals surface area (Å²) in [5, 5.41) is 1.66. The highest BCUT2D eigenvalue weighted by Gasteiger charge is 2.09. The van der Waals surface area contributed by atoms with E-state index in [-0.39, 0.29) is 0 Å². The first-order chi connectivity index (χ1) is 8.08. The van der Waals surface area contributed by atoms with Gasteiger partial charge < -0.3 is 0 Å². The Hall–Kier alpha value is -0.100.